The zero-order valence-corrected chi connectivity index (χ0v) is 10.4. The van der Waals surface area contributed by atoms with E-state index in [1.165, 1.54) is 0 Å². The molecule has 0 fully saturated rings. The molecular weight excluding hydrogens is 192 g/mol. The molecule has 1 amide bonds. The summed E-state index contributed by atoms with van der Waals surface area (Å²) >= 11 is 0. The highest BCUT2D eigenvalue weighted by molar-refractivity contribution is 5.78. The zero-order chi connectivity index (χ0) is 12.0. The lowest BCUT2D eigenvalue weighted by molar-refractivity contribution is -0.130. The van der Waals surface area contributed by atoms with Crippen molar-refractivity contribution in [1.29, 1.82) is 0 Å². The molecule has 0 aromatic rings. The predicted molar refractivity (Wildman–Crippen MR) is 61.6 cm³/mol. The van der Waals surface area contributed by atoms with Crippen LogP contribution in [-0.4, -0.2) is 48.2 Å². The third-order valence-corrected chi connectivity index (χ3v) is 2.88. The second-order valence-corrected chi connectivity index (χ2v) is 4.43. The maximum absolute atomic E-state index is 11.6. The van der Waals surface area contributed by atoms with Crippen molar-refractivity contribution in [2.45, 2.75) is 39.8 Å². The predicted octanol–water partition coefficient (Wildman–Crippen LogP) is 0.460. The van der Waals surface area contributed by atoms with Gasteiger partial charge in [-0.05, 0) is 26.7 Å². The first-order valence-electron chi connectivity index (χ1n) is 5.50. The molecule has 0 aliphatic carbocycles. The van der Waals surface area contributed by atoms with Gasteiger partial charge in [-0.2, -0.15) is 0 Å². The number of nitrogens with zero attached hydrogens (tertiary/aromatic N) is 1. The summed E-state index contributed by atoms with van der Waals surface area (Å²) in [7, 11) is 1.80. The van der Waals surface area contributed by atoms with Gasteiger partial charge in [-0.25, -0.2) is 0 Å². The van der Waals surface area contributed by atoms with Crippen molar-refractivity contribution in [1.82, 2.24) is 10.2 Å². The van der Waals surface area contributed by atoms with Gasteiger partial charge in [-0.1, -0.05) is 6.92 Å². The SMILES string of the molecule is CC(CO)C(C)NCC(=O)N(C)C(C)C. The van der Waals surface area contributed by atoms with Crippen LogP contribution in [-0.2, 0) is 4.79 Å². The van der Waals surface area contributed by atoms with Crippen LogP contribution in [0, 0.1) is 5.92 Å². The topological polar surface area (TPSA) is 52.6 Å². The maximum Gasteiger partial charge on any atom is 0.236 e. The van der Waals surface area contributed by atoms with Gasteiger partial charge in [0.05, 0.1) is 6.54 Å². The summed E-state index contributed by atoms with van der Waals surface area (Å²) in [4.78, 5) is 13.3. The molecule has 2 unspecified atom stereocenters. The van der Waals surface area contributed by atoms with Gasteiger partial charge in [-0.15, -0.1) is 0 Å². The monoisotopic (exact) mass is 216 g/mol. The second kappa shape index (κ2) is 6.80. The summed E-state index contributed by atoms with van der Waals surface area (Å²) in [6, 6.07) is 0.379. The molecule has 0 aromatic heterocycles. The minimum Gasteiger partial charge on any atom is -0.396 e. The number of hydrogen-bond acceptors (Lipinski definition) is 3. The van der Waals surface area contributed by atoms with E-state index in [1.807, 2.05) is 27.7 Å². The normalized spacial score (nSPS) is 15.1. The molecule has 0 bridgehead atoms. The lowest BCUT2D eigenvalue weighted by atomic mass is 10.1. The fraction of sp³-hybridized carbons (Fsp3) is 0.909. The first-order valence-corrected chi connectivity index (χ1v) is 5.50. The Kier molecular flexibility index (Phi) is 6.52. The van der Waals surface area contributed by atoms with E-state index in [1.54, 1.807) is 11.9 Å². The largest absolute Gasteiger partial charge is 0.396 e. The van der Waals surface area contributed by atoms with Crippen LogP contribution in [0.2, 0.25) is 0 Å². The Balaban J connectivity index is 3.90. The fourth-order valence-corrected chi connectivity index (χ4v) is 1.02. The minimum absolute atomic E-state index is 0.0852. The van der Waals surface area contributed by atoms with E-state index in [2.05, 4.69) is 5.32 Å². The molecule has 0 aliphatic heterocycles. The molecule has 0 saturated carbocycles. The van der Waals surface area contributed by atoms with Crippen LogP contribution in [0.25, 0.3) is 0 Å². The number of aliphatic hydroxyl groups is 1. The molecular formula is C11H24N2O2. The van der Waals surface area contributed by atoms with E-state index < -0.39 is 0 Å². The number of aliphatic hydroxyl groups excluding tert-OH is 1. The molecule has 0 radical (unpaired) electrons. The number of nitrogens with one attached hydrogen (secondary N) is 1. The average Bonchev–Trinajstić information content (AvgIpc) is 2.22. The third-order valence-electron chi connectivity index (χ3n) is 2.88. The van der Waals surface area contributed by atoms with Crippen molar-refractivity contribution in [2.24, 2.45) is 5.92 Å². The molecule has 0 saturated heterocycles. The fourth-order valence-electron chi connectivity index (χ4n) is 1.02. The number of carbonyl (C=O) groups excluding carboxylic acids is 1. The van der Waals surface area contributed by atoms with E-state index in [0.717, 1.165) is 0 Å². The molecule has 15 heavy (non-hydrogen) atoms. The molecule has 4 heteroatoms. The smallest absolute Gasteiger partial charge is 0.236 e. The van der Waals surface area contributed by atoms with Gasteiger partial charge in [0, 0.05) is 25.7 Å². The van der Waals surface area contributed by atoms with Crippen molar-refractivity contribution >= 4 is 5.91 Å². The summed E-state index contributed by atoms with van der Waals surface area (Å²) in [5.74, 6) is 0.254. The summed E-state index contributed by atoms with van der Waals surface area (Å²) < 4.78 is 0. The van der Waals surface area contributed by atoms with Gasteiger partial charge in [0.25, 0.3) is 0 Å². The first kappa shape index (κ1) is 14.4. The number of rotatable bonds is 6. The summed E-state index contributed by atoms with van der Waals surface area (Å²) in [6.45, 7) is 8.37. The number of carbonyl (C=O) groups is 1. The molecule has 0 aromatic carbocycles. The van der Waals surface area contributed by atoms with E-state index in [4.69, 9.17) is 5.11 Å². The van der Waals surface area contributed by atoms with Crippen molar-refractivity contribution < 1.29 is 9.90 Å². The van der Waals surface area contributed by atoms with E-state index in [0.29, 0.717) is 6.54 Å². The second-order valence-electron chi connectivity index (χ2n) is 4.43. The van der Waals surface area contributed by atoms with Gasteiger partial charge >= 0.3 is 0 Å². The summed E-state index contributed by atoms with van der Waals surface area (Å²) in [5.41, 5.74) is 0. The van der Waals surface area contributed by atoms with E-state index >= 15 is 0 Å². The Labute approximate surface area is 92.7 Å². The molecule has 4 nitrogen and oxygen atoms in total. The number of amides is 1. The molecule has 90 valence electrons. The van der Waals surface area contributed by atoms with Crippen LogP contribution in [0.15, 0.2) is 0 Å². The third kappa shape index (κ3) is 5.14. The lowest BCUT2D eigenvalue weighted by Gasteiger charge is -2.24. The first-order chi connectivity index (χ1) is 6.90. The van der Waals surface area contributed by atoms with Crippen LogP contribution in [0.3, 0.4) is 0 Å². The van der Waals surface area contributed by atoms with Crippen LogP contribution >= 0.6 is 0 Å². The van der Waals surface area contributed by atoms with Crippen molar-refractivity contribution in [3.05, 3.63) is 0 Å². The van der Waals surface area contributed by atoms with Crippen LogP contribution in [0.1, 0.15) is 27.7 Å². The van der Waals surface area contributed by atoms with Gasteiger partial charge in [0.15, 0.2) is 0 Å². The molecule has 2 N–H and O–H groups in total. The zero-order valence-electron chi connectivity index (χ0n) is 10.4. The lowest BCUT2D eigenvalue weighted by Crippen LogP contribution is -2.44. The summed E-state index contributed by atoms with van der Waals surface area (Å²) in [5, 5.41) is 12.1. The van der Waals surface area contributed by atoms with Gasteiger partial charge in [-0.3, -0.25) is 4.79 Å². The number of likely N-dealkylation sites (N-methyl/N-ethyl adjacent to an activating group) is 1. The van der Waals surface area contributed by atoms with Crippen LogP contribution in [0.5, 0.6) is 0 Å². The Bertz CT molecular complexity index is 195. The van der Waals surface area contributed by atoms with Crippen molar-refractivity contribution in [2.75, 3.05) is 20.2 Å². The van der Waals surface area contributed by atoms with Crippen LogP contribution < -0.4 is 5.32 Å². The molecule has 0 spiro atoms. The molecule has 0 heterocycles. The number of hydrogen-bond donors (Lipinski definition) is 2. The Morgan fingerprint density at radius 2 is 1.87 bits per heavy atom. The van der Waals surface area contributed by atoms with Crippen molar-refractivity contribution in [3.8, 4) is 0 Å². The van der Waals surface area contributed by atoms with Gasteiger partial charge in [0.1, 0.15) is 0 Å². The highest BCUT2D eigenvalue weighted by Crippen LogP contribution is 2.00. The van der Waals surface area contributed by atoms with Gasteiger partial charge < -0.3 is 15.3 Å². The highest BCUT2D eigenvalue weighted by Gasteiger charge is 2.15. The molecule has 2 atom stereocenters. The Morgan fingerprint density at radius 3 is 2.27 bits per heavy atom. The molecule has 0 aliphatic rings. The van der Waals surface area contributed by atoms with E-state index in [9.17, 15) is 4.79 Å². The Morgan fingerprint density at radius 1 is 1.33 bits per heavy atom. The Hall–Kier alpha value is -0.610. The van der Waals surface area contributed by atoms with Crippen LogP contribution in [0.4, 0.5) is 0 Å². The molecule has 0 rings (SSSR count). The highest BCUT2D eigenvalue weighted by atomic mass is 16.3. The minimum atomic E-state index is 0.0852. The quantitative estimate of drug-likeness (QED) is 0.678. The van der Waals surface area contributed by atoms with Crippen molar-refractivity contribution in [3.63, 3.8) is 0 Å². The average molecular weight is 216 g/mol. The summed E-state index contributed by atoms with van der Waals surface area (Å²) in [6.07, 6.45) is 0. The standard InChI is InChI=1S/C11H24N2O2/c1-8(2)13(5)11(15)6-12-10(4)9(3)7-14/h8-10,12,14H,6-7H2,1-5H3. The maximum atomic E-state index is 11.6. The van der Waals surface area contributed by atoms with Gasteiger partial charge in [0.2, 0.25) is 5.91 Å². The van der Waals surface area contributed by atoms with E-state index in [-0.39, 0.29) is 30.5 Å².